The third-order valence-electron chi connectivity index (χ3n) is 3.95. The van der Waals surface area contributed by atoms with Gasteiger partial charge < -0.3 is 20.1 Å². The Balaban J connectivity index is 1.46. The highest BCUT2D eigenvalue weighted by Gasteiger charge is 2.17. The molecule has 6 nitrogen and oxygen atoms in total. The monoisotopic (exact) mass is 316 g/mol. The smallest absolute Gasteiger partial charge is 0.313 e. The van der Waals surface area contributed by atoms with E-state index in [2.05, 4.69) is 16.7 Å². The minimum atomic E-state index is -0.679. The largest absolute Gasteiger partial charge is 0.454 e. The molecule has 1 aromatic rings. The fraction of sp³-hybridized carbons (Fsp3) is 0.412. The normalized spacial score (nSPS) is 15.7. The van der Waals surface area contributed by atoms with Gasteiger partial charge in [0.15, 0.2) is 11.5 Å². The molecule has 0 saturated heterocycles. The second kappa shape index (κ2) is 7.17. The van der Waals surface area contributed by atoms with E-state index in [0.717, 1.165) is 19.3 Å². The molecule has 2 N–H and O–H groups in total. The van der Waals surface area contributed by atoms with Crippen LogP contribution in [0.25, 0.3) is 0 Å². The van der Waals surface area contributed by atoms with E-state index in [1.165, 1.54) is 18.4 Å². The summed E-state index contributed by atoms with van der Waals surface area (Å²) < 4.78 is 10.4. The lowest BCUT2D eigenvalue weighted by Crippen LogP contribution is -2.36. The van der Waals surface area contributed by atoms with E-state index >= 15 is 0 Å². The number of ether oxygens (including phenoxy) is 2. The van der Waals surface area contributed by atoms with Crippen molar-refractivity contribution in [3.8, 4) is 11.5 Å². The molecule has 0 spiro atoms. The van der Waals surface area contributed by atoms with Crippen LogP contribution in [0.15, 0.2) is 29.8 Å². The second-order valence-electron chi connectivity index (χ2n) is 5.64. The van der Waals surface area contributed by atoms with Crippen LogP contribution in [-0.4, -0.2) is 25.2 Å². The average molecular weight is 316 g/mol. The number of amides is 2. The minimum absolute atomic E-state index is 0.170. The van der Waals surface area contributed by atoms with Gasteiger partial charge in [-0.25, -0.2) is 0 Å². The number of hydrogen-bond donors (Lipinski definition) is 2. The zero-order valence-corrected chi connectivity index (χ0v) is 12.9. The SMILES string of the molecule is O=C(NCCC1=CCCCC1)C(=O)Nc1ccc2c(c1)OCO2. The first-order valence-electron chi connectivity index (χ1n) is 7.89. The molecule has 0 bridgehead atoms. The zero-order chi connectivity index (χ0) is 16.1. The Morgan fingerprint density at radius 3 is 2.78 bits per heavy atom. The quantitative estimate of drug-likeness (QED) is 0.660. The third kappa shape index (κ3) is 4.03. The van der Waals surface area contributed by atoms with Gasteiger partial charge in [0.25, 0.3) is 0 Å². The number of anilines is 1. The highest BCUT2D eigenvalue weighted by molar-refractivity contribution is 6.39. The molecule has 6 heteroatoms. The molecule has 0 saturated carbocycles. The van der Waals surface area contributed by atoms with Crippen LogP contribution in [0.4, 0.5) is 5.69 Å². The molecule has 3 rings (SSSR count). The summed E-state index contributed by atoms with van der Waals surface area (Å²) in [6, 6.07) is 5.01. The van der Waals surface area contributed by atoms with Gasteiger partial charge in [0.2, 0.25) is 6.79 Å². The van der Waals surface area contributed by atoms with Gasteiger partial charge in [0.05, 0.1) is 0 Å². The van der Waals surface area contributed by atoms with Crippen molar-refractivity contribution in [2.24, 2.45) is 0 Å². The first-order valence-corrected chi connectivity index (χ1v) is 7.89. The molecule has 122 valence electrons. The summed E-state index contributed by atoms with van der Waals surface area (Å²) in [5.74, 6) is -0.110. The van der Waals surface area contributed by atoms with E-state index in [4.69, 9.17) is 9.47 Å². The Morgan fingerprint density at radius 2 is 1.96 bits per heavy atom. The van der Waals surface area contributed by atoms with E-state index in [1.54, 1.807) is 18.2 Å². The lowest BCUT2D eigenvalue weighted by molar-refractivity contribution is -0.136. The predicted molar refractivity (Wildman–Crippen MR) is 85.4 cm³/mol. The molecule has 1 aromatic carbocycles. The summed E-state index contributed by atoms with van der Waals surface area (Å²) in [7, 11) is 0. The van der Waals surface area contributed by atoms with Crippen LogP contribution in [-0.2, 0) is 9.59 Å². The van der Waals surface area contributed by atoms with Crippen LogP contribution in [0.5, 0.6) is 11.5 Å². The van der Waals surface area contributed by atoms with E-state index in [9.17, 15) is 9.59 Å². The molecule has 23 heavy (non-hydrogen) atoms. The van der Waals surface area contributed by atoms with E-state index in [0.29, 0.717) is 23.7 Å². The maximum atomic E-state index is 11.9. The third-order valence-corrected chi connectivity index (χ3v) is 3.95. The first kappa shape index (κ1) is 15.4. The summed E-state index contributed by atoms with van der Waals surface area (Å²) in [5, 5.41) is 5.21. The van der Waals surface area contributed by atoms with Gasteiger partial charge in [0, 0.05) is 18.3 Å². The molecule has 0 atom stereocenters. The van der Waals surface area contributed by atoms with Crippen LogP contribution in [0.1, 0.15) is 32.1 Å². The molecular formula is C17H20N2O4. The number of fused-ring (bicyclic) bond motifs is 1. The Kier molecular flexibility index (Phi) is 4.80. The van der Waals surface area contributed by atoms with Crippen molar-refractivity contribution in [2.45, 2.75) is 32.1 Å². The fourth-order valence-electron chi connectivity index (χ4n) is 2.71. The number of nitrogens with one attached hydrogen (secondary N) is 2. The van der Waals surface area contributed by atoms with Crippen molar-refractivity contribution >= 4 is 17.5 Å². The van der Waals surface area contributed by atoms with Gasteiger partial charge >= 0.3 is 11.8 Å². The summed E-state index contributed by atoms with van der Waals surface area (Å²) in [5.41, 5.74) is 1.87. The Hall–Kier alpha value is -2.50. The maximum absolute atomic E-state index is 11.9. The molecule has 2 amide bonds. The predicted octanol–water partition coefficient (Wildman–Crippen LogP) is 2.36. The van der Waals surface area contributed by atoms with Gasteiger partial charge in [-0.05, 0) is 44.2 Å². The minimum Gasteiger partial charge on any atom is -0.454 e. The topological polar surface area (TPSA) is 76.7 Å². The Labute approximate surface area is 134 Å². The Bertz CT molecular complexity index is 639. The highest BCUT2D eigenvalue weighted by atomic mass is 16.7. The molecular weight excluding hydrogens is 296 g/mol. The van der Waals surface area contributed by atoms with Crippen LogP contribution in [0.3, 0.4) is 0 Å². The van der Waals surface area contributed by atoms with Crippen molar-refractivity contribution in [1.82, 2.24) is 5.32 Å². The average Bonchev–Trinajstić information content (AvgIpc) is 3.03. The molecule has 1 heterocycles. The van der Waals surface area contributed by atoms with Gasteiger partial charge in [-0.15, -0.1) is 0 Å². The first-order chi connectivity index (χ1) is 11.2. The maximum Gasteiger partial charge on any atom is 0.313 e. The lowest BCUT2D eigenvalue weighted by atomic mass is 9.97. The number of rotatable bonds is 4. The van der Waals surface area contributed by atoms with Gasteiger partial charge in [-0.1, -0.05) is 11.6 Å². The van der Waals surface area contributed by atoms with Crippen LogP contribution >= 0.6 is 0 Å². The van der Waals surface area contributed by atoms with E-state index in [-0.39, 0.29) is 6.79 Å². The zero-order valence-electron chi connectivity index (χ0n) is 12.9. The number of benzene rings is 1. The van der Waals surface area contributed by atoms with Crippen molar-refractivity contribution < 1.29 is 19.1 Å². The summed E-state index contributed by atoms with van der Waals surface area (Å²) >= 11 is 0. The van der Waals surface area contributed by atoms with Gasteiger partial charge in [0.1, 0.15) is 0 Å². The number of allylic oxidation sites excluding steroid dienone is 1. The van der Waals surface area contributed by atoms with Crippen molar-refractivity contribution in [3.05, 3.63) is 29.8 Å². The van der Waals surface area contributed by atoms with Gasteiger partial charge in [-0.2, -0.15) is 0 Å². The molecule has 0 fully saturated rings. The number of hydrogen-bond acceptors (Lipinski definition) is 4. The van der Waals surface area contributed by atoms with Crippen LogP contribution < -0.4 is 20.1 Å². The standard InChI is InChI=1S/C17H20N2O4/c20-16(18-9-8-12-4-2-1-3-5-12)17(21)19-13-6-7-14-15(10-13)23-11-22-14/h4,6-7,10H,1-3,5,8-9,11H2,(H,18,20)(H,19,21). The summed E-state index contributed by atoms with van der Waals surface area (Å²) in [6.45, 7) is 0.655. The van der Waals surface area contributed by atoms with Gasteiger partial charge in [-0.3, -0.25) is 9.59 Å². The molecule has 0 unspecified atom stereocenters. The van der Waals surface area contributed by atoms with Crippen LogP contribution in [0.2, 0.25) is 0 Å². The van der Waals surface area contributed by atoms with Crippen molar-refractivity contribution in [1.29, 1.82) is 0 Å². The number of carbonyl (C=O) groups is 2. The van der Waals surface area contributed by atoms with Crippen LogP contribution in [0, 0.1) is 0 Å². The summed E-state index contributed by atoms with van der Waals surface area (Å²) in [6.07, 6.45) is 7.72. The highest BCUT2D eigenvalue weighted by Crippen LogP contribution is 2.34. The van der Waals surface area contributed by atoms with Crippen molar-refractivity contribution in [2.75, 3.05) is 18.7 Å². The summed E-state index contributed by atoms with van der Waals surface area (Å²) in [4.78, 5) is 23.7. The fourth-order valence-corrected chi connectivity index (χ4v) is 2.71. The number of carbonyl (C=O) groups excluding carboxylic acids is 2. The Morgan fingerprint density at radius 1 is 1.09 bits per heavy atom. The molecule has 1 aliphatic carbocycles. The van der Waals surface area contributed by atoms with E-state index in [1.807, 2.05) is 0 Å². The molecule has 1 aliphatic heterocycles. The van der Waals surface area contributed by atoms with E-state index < -0.39 is 11.8 Å². The molecule has 0 radical (unpaired) electrons. The van der Waals surface area contributed by atoms with Crippen molar-refractivity contribution in [3.63, 3.8) is 0 Å². The second-order valence-corrected chi connectivity index (χ2v) is 5.64. The lowest BCUT2D eigenvalue weighted by Gasteiger charge is -2.12. The molecule has 2 aliphatic rings. The molecule has 0 aromatic heterocycles.